The molecule has 1 heterocycles. The van der Waals surface area contributed by atoms with E-state index < -0.39 is 0 Å². The van der Waals surface area contributed by atoms with Crippen molar-refractivity contribution in [2.45, 2.75) is 83.3 Å². The van der Waals surface area contributed by atoms with E-state index in [4.69, 9.17) is 0 Å². The summed E-state index contributed by atoms with van der Waals surface area (Å²) in [5, 5.41) is 3.66. The Labute approximate surface area is 119 Å². The Balaban J connectivity index is 1.77. The normalized spacial score (nSPS) is 43.1. The standard InChI is InChI=1S/C17H32N2/c1-17(2)11-10-15(16(17)18-3)19-12-6-8-13-7-4-5-9-14(13)19/h13-16,18H,4-12H2,1-3H3/t13-,14-,15?,16?/m1/s1. The number of likely N-dealkylation sites (tertiary alicyclic amines) is 1. The van der Waals surface area contributed by atoms with Crippen LogP contribution >= 0.6 is 0 Å². The summed E-state index contributed by atoms with van der Waals surface area (Å²) in [6.45, 7) is 6.27. The fourth-order valence-corrected chi connectivity index (χ4v) is 5.38. The molecular formula is C17H32N2. The average molecular weight is 264 g/mol. The van der Waals surface area contributed by atoms with Crippen LogP contribution in [0.4, 0.5) is 0 Å². The molecule has 1 N–H and O–H groups in total. The molecule has 3 fully saturated rings. The van der Waals surface area contributed by atoms with Crippen molar-refractivity contribution in [1.29, 1.82) is 0 Å². The highest BCUT2D eigenvalue weighted by molar-refractivity contribution is 5.03. The molecule has 0 amide bonds. The van der Waals surface area contributed by atoms with E-state index in [9.17, 15) is 0 Å². The number of hydrogen-bond acceptors (Lipinski definition) is 2. The van der Waals surface area contributed by atoms with Crippen LogP contribution in [-0.4, -0.2) is 36.6 Å². The first-order chi connectivity index (χ1) is 9.13. The van der Waals surface area contributed by atoms with Crippen molar-refractivity contribution in [2.75, 3.05) is 13.6 Å². The molecule has 0 bridgehead atoms. The Kier molecular flexibility index (Phi) is 3.92. The van der Waals surface area contributed by atoms with Gasteiger partial charge in [0, 0.05) is 18.1 Å². The zero-order valence-electron chi connectivity index (χ0n) is 13.1. The van der Waals surface area contributed by atoms with Crippen LogP contribution < -0.4 is 5.32 Å². The molecule has 1 aliphatic heterocycles. The molecule has 2 unspecified atom stereocenters. The lowest BCUT2D eigenvalue weighted by Gasteiger charge is -2.49. The highest BCUT2D eigenvalue weighted by Crippen LogP contribution is 2.44. The second-order valence-corrected chi connectivity index (χ2v) is 7.85. The quantitative estimate of drug-likeness (QED) is 0.822. The Hall–Kier alpha value is -0.0800. The summed E-state index contributed by atoms with van der Waals surface area (Å²) in [6, 6.07) is 2.40. The fraction of sp³-hybridized carbons (Fsp3) is 1.00. The van der Waals surface area contributed by atoms with Crippen molar-refractivity contribution in [3.8, 4) is 0 Å². The van der Waals surface area contributed by atoms with Crippen LogP contribution in [0.1, 0.15) is 65.2 Å². The van der Waals surface area contributed by atoms with Gasteiger partial charge in [-0.25, -0.2) is 0 Å². The lowest BCUT2D eigenvalue weighted by Crippen LogP contribution is -2.57. The molecule has 0 radical (unpaired) electrons. The number of rotatable bonds is 2. The zero-order valence-corrected chi connectivity index (χ0v) is 13.1. The molecule has 2 aliphatic carbocycles. The maximum atomic E-state index is 3.66. The van der Waals surface area contributed by atoms with Crippen LogP contribution in [0.5, 0.6) is 0 Å². The summed E-state index contributed by atoms with van der Waals surface area (Å²) in [6.07, 6.45) is 11.7. The summed E-state index contributed by atoms with van der Waals surface area (Å²) in [7, 11) is 2.17. The van der Waals surface area contributed by atoms with Gasteiger partial charge in [-0.3, -0.25) is 4.90 Å². The maximum Gasteiger partial charge on any atom is 0.0271 e. The van der Waals surface area contributed by atoms with Crippen molar-refractivity contribution in [2.24, 2.45) is 11.3 Å². The zero-order chi connectivity index (χ0) is 13.5. The van der Waals surface area contributed by atoms with Crippen LogP contribution in [0.2, 0.25) is 0 Å². The minimum Gasteiger partial charge on any atom is -0.315 e. The molecular weight excluding hydrogens is 232 g/mol. The average Bonchev–Trinajstić information content (AvgIpc) is 2.73. The van der Waals surface area contributed by atoms with Crippen LogP contribution in [0.15, 0.2) is 0 Å². The lowest BCUT2D eigenvalue weighted by molar-refractivity contribution is 0.0136. The van der Waals surface area contributed by atoms with Gasteiger partial charge in [0.05, 0.1) is 0 Å². The lowest BCUT2D eigenvalue weighted by atomic mass is 9.77. The molecule has 3 rings (SSSR count). The van der Waals surface area contributed by atoms with Gasteiger partial charge in [-0.15, -0.1) is 0 Å². The van der Waals surface area contributed by atoms with Crippen LogP contribution in [0, 0.1) is 11.3 Å². The van der Waals surface area contributed by atoms with Gasteiger partial charge < -0.3 is 5.32 Å². The monoisotopic (exact) mass is 264 g/mol. The number of nitrogens with zero attached hydrogens (tertiary/aromatic N) is 1. The molecule has 2 heteroatoms. The predicted molar refractivity (Wildman–Crippen MR) is 81.3 cm³/mol. The number of nitrogens with one attached hydrogen (secondary N) is 1. The van der Waals surface area contributed by atoms with Gasteiger partial charge in [0.2, 0.25) is 0 Å². The van der Waals surface area contributed by atoms with Crippen LogP contribution in [0.3, 0.4) is 0 Å². The molecule has 0 spiro atoms. The third-order valence-electron chi connectivity index (χ3n) is 6.33. The van der Waals surface area contributed by atoms with E-state index in [0.717, 1.165) is 18.0 Å². The summed E-state index contributed by atoms with van der Waals surface area (Å²) in [5.74, 6) is 1.02. The number of piperidine rings is 1. The van der Waals surface area contributed by atoms with E-state index in [1.807, 2.05) is 0 Å². The molecule has 2 nitrogen and oxygen atoms in total. The van der Waals surface area contributed by atoms with Gasteiger partial charge in [-0.05, 0) is 63.5 Å². The molecule has 4 atom stereocenters. The van der Waals surface area contributed by atoms with Crippen molar-refractivity contribution < 1.29 is 0 Å². The summed E-state index contributed by atoms with van der Waals surface area (Å²) in [4.78, 5) is 2.93. The predicted octanol–water partition coefficient (Wildman–Crippen LogP) is 3.42. The minimum atomic E-state index is 0.473. The van der Waals surface area contributed by atoms with Gasteiger partial charge >= 0.3 is 0 Å². The van der Waals surface area contributed by atoms with Gasteiger partial charge in [0.1, 0.15) is 0 Å². The molecule has 19 heavy (non-hydrogen) atoms. The van der Waals surface area contributed by atoms with Crippen LogP contribution in [0.25, 0.3) is 0 Å². The summed E-state index contributed by atoms with van der Waals surface area (Å²) >= 11 is 0. The number of hydrogen-bond donors (Lipinski definition) is 1. The Morgan fingerprint density at radius 3 is 2.47 bits per heavy atom. The minimum absolute atomic E-state index is 0.473. The highest BCUT2D eigenvalue weighted by Gasteiger charge is 2.47. The van der Waals surface area contributed by atoms with Crippen molar-refractivity contribution in [3.63, 3.8) is 0 Å². The number of likely N-dealkylation sites (N-methyl/N-ethyl adjacent to an activating group) is 1. The molecule has 0 aromatic carbocycles. The Morgan fingerprint density at radius 2 is 1.68 bits per heavy atom. The van der Waals surface area contributed by atoms with Gasteiger partial charge in [-0.2, -0.15) is 0 Å². The van der Waals surface area contributed by atoms with Crippen molar-refractivity contribution >= 4 is 0 Å². The van der Waals surface area contributed by atoms with E-state index in [1.54, 1.807) is 0 Å². The first kappa shape index (κ1) is 13.9. The van der Waals surface area contributed by atoms with Gasteiger partial charge in [0.15, 0.2) is 0 Å². The fourth-order valence-electron chi connectivity index (χ4n) is 5.38. The second kappa shape index (κ2) is 5.37. The number of fused-ring (bicyclic) bond motifs is 1. The van der Waals surface area contributed by atoms with E-state index >= 15 is 0 Å². The van der Waals surface area contributed by atoms with Crippen LogP contribution in [-0.2, 0) is 0 Å². The first-order valence-corrected chi connectivity index (χ1v) is 8.56. The molecule has 0 aromatic heterocycles. The summed E-state index contributed by atoms with van der Waals surface area (Å²) < 4.78 is 0. The molecule has 1 saturated heterocycles. The highest BCUT2D eigenvalue weighted by atomic mass is 15.2. The van der Waals surface area contributed by atoms with E-state index in [1.165, 1.54) is 57.9 Å². The third-order valence-corrected chi connectivity index (χ3v) is 6.33. The smallest absolute Gasteiger partial charge is 0.0271 e. The second-order valence-electron chi connectivity index (χ2n) is 7.85. The van der Waals surface area contributed by atoms with Crippen molar-refractivity contribution in [1.82, 2.24) is 10.2 Å². The molecule has 2 saturated carbocycles. The van der Waals surface area contributed by atoms with Gasteiger partial charge in [-0.1, -0.05) is 26.7 Å². The largest absolute Gasteiger partial charge is 0.315 e. The van der Waals surface area contributed by atoms with E-state index in [2.05, 4.69) is 31.1 Å². The van der Waals surface area contributed by atoms with E-state index in [0.29, 0.717) is 11.5 Å². The summed E-state index contributed by atoms with van der Waals surface area (Å²) in [5.41, 5.74) is 0.473. The Morgan fingerprint density at radius 1 is 0.947 bits per heavy atom. The Bertz CT molecular complexity index is 310. The van der Waals surface area contributed by atoms with Crippen molar-refractivity contribution in [3.05, 3.63) is 0 Å². The van der Waals surface area contributed by atoms with Gasteiger partial charge in [0.25, 0.3) is 0 Å². The first-order valence-electron chi connectivity index (χ1n) is 8.56. The SMILES string of the molecule is CNC1C(N2CCC[C@H]3CCCC[C@H]32)CCC1(C)C. The van der Waals surface area contributed by atoms with E-state index in [-0.39, 0.29) is 0 Å². The molecule has 0 aromatic rings. The molecule has 3 aliphatic rings. The molecule has 110 valence electrons. The third kappa shape index (κ3) is 2.47. The maximum absolute atomic E-state index is 3.66. The topological polar surface area (TPSA) is 15.3 Å².